The van der Waals surface area contributed by atoms with Crippen molar-refractivity contribution >= 4 is 11.6 Å². The summed E-state index contributed by atoms with van der Waals surface area (Å²) in [5.41, 5.74) is 0.0172. The fourth-order valence-electron chi connectivity index (χ4n) is 1.26. The van der Waals surface area contributed by atoms with Crippen molar-refractivity contribution in [1.29, 1.82) is 0 Å². The first-order valence-corrected chi connectivity index (χ1v) is 4.71. The van der Waals surface area contributed by atoms with Crippen molar-refractivity contribution in [2.24, 2.45) is 0 Å². The molecule has 0 amide bonds. The molecule has 0 unspecified atom stereocenters. The zero-order valence-electron chi connectivity index (χ0n) is 7.88. The molecule has 1 aromatic heterocycles. The number of nitrogens with zero attached hydrogens (tertiary/aromatic N) is 1. The van der Waals surface area contributed by atoms with Crippen LogP contribution in [0.15, 0.2) is 22.7 Å². The van der Waals surface area contributed by atoms with E-state index in [1.807, 2.05) is 0 Å². The van der Waals surface area contributed by atoms with E-state index in [-0.39, 0.29) is 28.6 Å². The molecule has 0 aliphatic rings. The Balaban J connectivity index is 2.58. The highest BCUT2D eigenvalue weighted by molar-refractivity contribution is 6.33. The van der Waals surface area contributed by atoms with Gasteiger partial charge in [-0.3, -0.25) is 0 Å². The predicted octanol–water partition coefficient (Wildman–Crippen LogP) is 2.77. The molecule has 0 radical (unpaired) electrons. The van der Waals surface area contributed by atoms with Gasteiger partial charge in [0.2, 0.25) is 0 Å². The van der Waals surface area contributed by atoms with Gasteiger partial charge in [-0.2, -0.15) is 0 Å². The minimum absolute atomic E-state index is 0.0222. The van der Waals surface area contributed by atoms with E-state index in [1.165, 1.54) is 6.07 Å². The van der Waals surface area contributed by atoms with Crippen molar-refractivity contribution in [3.05, 3.63) is 40.6 Å². The number of aliphatic hydroxyl groups excluding tert-OH is 1. The second-order valence-electron chi connectivity index (χ2n) is 3.06. The average molecular weight is 246 g/mol. The maximum Gasteiger partial charge on any atom is 0.171 e. The van der Waals surface area contributed by atoms with Crippen molar-refractivity contribution in [3.8, 4) is 11.3 Å². The summed E-state index contributed by atoms with van der Waals surface area (Å²) in [6.45, 7) is -0.349. The monoisotopic (exact) mass is 245 g/mol. The molecule has 84 valence electrons. The van der Waals surface area contributed by atoms with Crippen LogP contribution >= 0.6 is 11.6 Å². The van der Waals surface area contributed by atoms with Crippen LogP contribution in [0.2, 0.25) is 5.02 Å². The summed E-state index contributed by atoms with van der Waals surface area (Å²) in [6, 6.07) is 3.16. The molecule has 0 saturated carbocycles. The lowest BCUT2D eigenvalue weighted by Gasteiger charge is -2.02. The first-order valence-electron chi connectivity index (χ1n) is 4.34. The van der Waals surface area contributed by atoms with Crippen LogP contribution < -0.4 is 0 Å². The molecule has 1 aromatic carbocycles. The predicted molar refractivity (Wildman–Crippen MR) is 52.8 cm³/mol. The summed E-state index contributed by atoms with van der Waals surface area (Å²) in [6.07, 6.45) is 0. The van der Waals surface area contributed by atoms with Gasteiger partial charge in [0.1, 0.15) is 17.3 Å². The third kappa shape index (κ3) is 1.79. The molecule has 2 rings (SSSR count). The zero-order chi connectivity index (χ0) is 11.7. The van der Waals surface area contributed by atoms with Crippen LogP contribution in [0.1, 0.15) is 5.69 Å². The average Bonchev–Trinajstić information content (AvgIpc) is 2.73. The van der Waals surface area contributed by atoms with E-state index in [0.717, 1.165) is 12.1 Å². The zero-order valence-corrected chi connectivity index (χ0v) is 8.63. The van der Waals surface area contributed by atoms with E-state index >= 15 is 0 Å². The van der Waals surface area contributed by atoms with Crippen LogP contribution in [0.4, 0.5) is 8.78 Å². The Kier molecular flexibility index (Phi) is 2.89. The van der Waals surface area contributed by atoms with Crippen LogP contribution in [-0.4, -0.2) is 10.3 Å². The van der Waals surface area contributed by atoms with E-state index in [2.05, 4.69) is 5.16 Å². The molecule has 2 aromatic rings. The van der Waals surface area contributed by atoms with Crippen LogP contribution in [0.25, 0.3) is 11.3 Å². The Morgan fingerprint density at radius 2 is 2.00 bits per heavy atom. The van der Waals surface area contributed by atoms with E-state index in [4.69, 9.17) is 21.2 Å². The van der Waals surface area contributed by atoms with Gasteiger partial charge >= 0.3 is 0 Å². The van der Waals surface area contributed by atoms with Crippen molar-refractivity contribution in [2.75, 3.05) is 0 Å². The molecule has 3 nitrogen and oxygen atoms in total. The number of aromatic nitrogens is 1. The fraction of sp³-hybridized carbons (Fsp3) is 0.100. The number of hydrogen-bond donors (Lipinski definition) is 1. The number of benzene rings is 1. The summed E-state index contributed by atoms with van der Waals surface area (Å²) in [4.78, 5) is 0. The van der Waals surface area contributed by atoms with Gasteiger partial charge in [-0.1, -0.05) is 16.8 Å². The molecule has 0 aliphatic heterocycles. The van der Waals surface area contributed by atoms with Crippen LogP contribution in [-0.2, 0) is 6.61 Å². The van der Waals surface area contributed by atoms with Gasteiger partial charge in [-0.25, -0.2) is 8.78 Å². The molecule has 0 aliphatic carbocycles. The number of hydrogen-bond acceptors (Lipinski definition) is 3. The van der Waals surface area contributed by atoms with E-state index < -0.39 is 11.6 Å². The van der Waals surface area contributed by atoms with Crippen molar-refractivity contribution < 1.29 is 18.4 Å². The molecule has 0 spiro atoms. The quantitative estimate of drug-likeness (QED) is 0.828. The molecule has 0 atom stereocenters. The molecule has 6 heteroatoms. The van der Waals surface area contributed by atoms with Crippen LogP contribution in [0.3, 0.4) is 0 Å². The summed E-state index contributed by atoms with van der Waals surface area (Å²) < 4.78 is 31.3. The normalized spacial score (nSPS) is 10.8. The van der Waals surface area contributed by atoms with Gasteiger partial charge in [0.15, 0.2) is 5.76 Å². The standard InChI is InChI=1S/C10H6ClF2NO2/c11-10-7(13)2-1-6(12)9(10)8-3-5(4-15)14-16-8/h1-3,15H,4H2. The molecule has 0 saturated heterocycles. The Hall–Kier alpha value is -1.46. The molecule has 1 N–H and O–H groups in total. The third-order valence-corrected chi connectivity index (χ3v) is 2.38. The highest BCUT2D eigenvalue weighted by Gasteiger charge is 2.18. The van der Waals surface area contributed by atoms with Gasteiger partial charge in [-0.05, 0) is 12.1 Å². The van der Waals surface area contributed by atoms with Crippen molar-refractivity contribution in [3.63, 3.8) is 0 Å². The number of rotatable bonds is 2. The molecular formula is C10H6ClF2NO2. The maximum absolute atomic E-state index is 13.4. The number of aliphatic hydroxyl groups is 1. The summed E-state index contributed by atoms with van der Waals surface area (Å²) in [5, 5.41) is 11.8. The highest BCUT2D eigenvalue weighted by Crippen LogP contribution is 2.32. The molecule has 16 heavy (non-hydrogen) atoms. The lowest BCUT2D eigenvalue weighted by Crippen LogP contribution is -1.88. The van der Waals surface area contributed by atoms with Crippen molar-refractivity contribution in [2.45, 2.75) is 6.61 Å². The summed E-state index contributed by atoms with van der Waals surface area (Å²) in [5.74, 6) is -1.49. The van der Waals surface area contributed by atoms with Gasteiger partial charge < -0.3 is 9.63 Å². The summed E-state index contributed by atoms with van der Waals surface area (Å²) in [7, 11) is 0. The fourth-order valence-corrected chi connectivity index (χ4v) is 1.50. The first kappa shape index (κ1) is 11.0. The molecule has 0 bridgehead atoms. The Morgan fingerprint density at radius 3 is 2.62 bits per heavy atom. The lowest BCUT2D eigenvalue weighted by atomic mass is 10.1. The van der Waals surface area contributed by atoms with E-state index in [0.29, 0.717) is 0 Å². The minimum atomic E-state index is -0.750. The van der Waals surface area contributed by atoms with Gasteiger partial charge in [-0.15, -0.1) is 0 Å². The third-order valence-electron chi connectivity index (χ3n) is 2.01. The second kappa shape index (κ2) is 4.19. The van der Waals surface area contributed by atoms with Gasteiger partial charge in [0.25, 0.3) is 0 Å². The first-order chi connectivity index (χ1) is 7.63. The van der Waals surface area contributed by atoms with E-state index in [9.17, 15) is 8.78 Å². The topological polar surface area (TPSA) is 46.3 Å². The Labute approximate surface area is 94.2 Å². The lowest BCUT2D eigenvalue weighted by molar-refractivity contribution is 0.267. The molecule has 0 fully saturated rings. The number of halogens is 3. The SMILES string of the molecule is OCc1cc(-c2c(F)ccc(F)c2Cl)on1. The van der Waals surface area contributed by atoms with Gasteiger partial charge in [0.05, 0.1) is 17.2 Å². The van der Waals surface area contributed by atoms with E-state index in [1.54, 1.807) is 0 Å². The van der Waals surface area contributed by atoms with Gasteiger partial charge in [0, 0.05) is 6.07 Å². The van der Waals surface area contributed by atoms with Crippen LogP contribution in [0.5, 0.6) is 0 Å². The minimum Gasteiger partial charge on any atom is -0.390 e. The Morgan fingerprint density at radius 1 is 1.31 bits per heavy atom. The maximum atomic E-state index is 13.4. The smallest absolute Gasteiger partial charge is 0.171 e. The highest BCUT2D eigenvalue weighted by atomic mass is 35.5. The largest absolute Gasteiger partial charge is 0.390 e. The van der Waals surface area contributed by atoms with Crippen LogP contribution in [0, 0.1) is 11.6 Å². The summed E-state index contributed by atoms with van der Waals surface area (Å²) >= 11 is 5.62. The van der Waals surface area contributed by atoms with Crippen molar-refractivity contribution in [1.82, 2.24) is 5.16 Å². The molecular weight excluding hydrogens is 240 g/mol. The molecule has 1 heterocycles. The Bertz CT molecular complexity index is 528. The second-order valence-corrected chi connectivity index (χ2v) is 3.44.